The van der Waals surface area contributed by atoms with Gasteiger partial charge in [-0.2, -0.15) is 0 Å². The van der Waals surface area contributed by atoms with Gasteiger partial charge in [0.25, 0.3) is 0 Å². The number of rotatable bonds is 5. The summed E-state index contributed by atoms with van der Waals surface area (Å²) in [6.07, 6.45) is 0.825. The summed E-state index contributed by atoms with van der Waals surface area (Å²) >= 11 is 0. The number of hydrogen-bond acceptors (Lipinski definition) is 2. The standard InChI is InChI=1S/C20H16O2/c21-14-16-8-12-20(13-9-16)22-15-17-6-10-19(11-7-17)18-4-2-1-3-5-18/h1-14H,15H2. The van der Waals surface area contributed by atoms with Gasteiger partial charge in [-0.05, 0) is 41.0 Å². The molecule has 0 N–H and O–H groups in total. The predicted octanol–water partition coefficient (Wildman–Crippen LogP) is 4.75. The van der Waals surface area contributed by atoms with Crippen LogP contribution in [0.4, 0.5) is 0 Å². The van der Waals surface area contributed by atoms with E-state index in [4.69, 9.17) is 4.74 Å². The Labute approximate surface area is 130 Å². The van der Waals surface area contributed by atoms with E-state index in [1.165, 1.54) is 11.1 Å². The monoisotopic (exact) mass is 288 g/mol. The van der Waals surface area contributed by atoms with Crippen LogP contribution in [0.5, 0.6) is 5.75 Å². The Morgan fingerprint density at radius 3 is 2.00 bits per heavy atom. The zero-order valence-corrected chi connectivity index (χ0v) is 12.1. The molecule has 0 heterocycles. The molecule has 3 rings (SSSR count). The van der Waals surface area contributed by atoms with Gasteiger partial charge in [-0.15, -0.1) is 0 Å². The van der Waals surface area contributed by atoms with Gasteiger partial charge >= 0.3 is 0 Å². The molecule has 0 unspecified atom stereocenters. The molecule has 0 aromatic heterocycles. The van der Waals surface area contributed by atoms with Crippen molar-refractivity contribution in [2.45, 2.75) is 6.61 Å². The maximum Gasteiger partial charge on any atom is 0.150 e. The van der Waals surface area contributed by atoms with E-state index in [1.54, 1.807) is 12.1 Å². The highest BCUT2D eigenvalue weighted by Crippen LogP contribution is 2.20. The molecule has 0 radical (unpaired) electrons. The minimum atomic E-state index is 0.509. The molecule has 0 atom stereocenters. The quantitative estimate of drug-likeness (QED) is 0.634. The van der Waals surface area contributed by atoms with Crippen LogP contribution < -0.4 is 4.74 Å². The molecular weight excluding hydrogens is 272 g/mol. The van der Waals surface area contributed by atoms with Crippen molar-refractivity contribution in [1.82, 2.24) is 0 Å². The van der Waals surface area contributed by atoms with Crippen LogP contribution in [-0.2, 0) is 6.61 Å². The molecule has 0 aliphatic heterocycles. The fraction of sp³-hybridized carbons (Fsp3) is 0.0500. The van der Waals surface area contributed by atoms with E-state index in [1.807, 2.05) is 30.3 Å². The van der Waals surface area contributed by atoms with Crippen molar-refractivity contribution >= 4 is 6.29 Å². The number of ether oxygens (including phenoxy) is 1. The molecule has 2 nitrogen and oxygen atoms in total. The summed E-state index contributed by atoms with van der Waals surface area (Å²) in [6, 6.07) is 25.7. The maximum absolute atomic E-state index is 10.6. The third kappa shape index (κ3) is 3.41. The zero-order chi connectivity index (χ0) is 15.2. The van der Waals surface area contributed by atoms with Crippen LogP contribution in [0.1, 0.15) is 15.9 Å². The minimum Gasteiger partial charge on any atom is -0.489 e. The molecule has 0 spiro atoms. The van der Waals surface area contributed by atoms with E-state index in [2.05, 4.69) is 36.4 Å². The second kappa shape index (κ2) is 6.72. The van der Waals surface area contributed by atoms with Crippen molar-refractivity contribution in [3.05, 3.63) is 90.0 Å². The molecule has 2 heteroatoms. The van der Waals surface area contributed by atoms with Gasteiger partial charge in [-0.1, -0.05) is 54.6 Å². The van der Waals surface area contributed by atoms with Gasteiger partial charge in [0.15, 0.2) is 0 Å². The van der Waals surface area contributed by atoms with Crippen molar-refractivity contribution < 1.29 is 9.53 Å². The molecular formula is C20H16O2. The molecule has 0 saturated carbocycles. The van der Waals surface area contributed by atoms with Crippen molar-refractivity contribution in [3.63, 3.8) is 0 Å². The number of carbonyl (C=O) groups is 1. The maximum atomic E-state index is 10.6. The lowest BCUT2D eigenvalue weighted by Crippen LogP contribution is -1.95. The van der Waals surface area contributed by atoms with Crippen molar-refractivity contribution in [2.75, 3.05) is 0 Å². The highest BCUT2D eigenvalue weighted by molar-refractivity contribution is 5.74. The fourth-order valence-electron chi connectivity index (χ4n) is 2.23. The van der Waals surface area contributed by atoms with E-state index >= 15 is 0 Å². The van der Waals surface area contributed by atoms with Crippen LogP contribution in [-0.4, -0.2) is 6.29 Å². The molecule has 0 bridgehead atoms. The fourth-order valence-corrected chi connectivity index (χ4v) is 2.23. The van der Waals surface area contributed by atoms with Crippen LogP contribution in [0.25, 0.3) is 11.1 Å². The number of carbonyl (C=O) groups excluding carboxylic acids is 1. The molecule has 22 heavy (non-hydrogen) atoms. The number of benzene rings is 3. The summed E-state index contributed by atoms with van der Waals surface area (Å²) in [5.41, 5.74) is 4.16. The summed E-state index contributed by atoms with van der Waals surface area (Å²) in [6.45, 7) is 0.509. The van der Waals surface area contributed by atoms with Gasteiger partial charge in [0, 0.05) is 5.56 Å². The Hall–Kier alpha value is -2.87. The smallest absolute Gasteiger partial charge is 0.150 e. The Kier molecular flexibility index (Phi) is 4.30. The summed E-state index contributed by atoms with van der Waals surface area (Å²) in [5, 5.41) is 0. The van der Waals surface area contributed by atoms with Gasteiger partial charge < -0.3 is 4.74 Å². The summed E-state index contributed by atoms with van der Waals surface area (Å²) in [4.78, 5) is 10.6. The average molecular weight is 288 g/mol. The Morgan fingerprint density at radius 1 is 0.727 bits per heavy atom. The molecule has 0 aliphatic carbocycles. The van der Waals surface area contributed by atoms with E-state index in [9.17, 15) is 4.79 Å². The van der Waals surface area contributed by atoms with Gasteiger partial charge in [0.2, 0.25) is 0 Å². The van der Waals surface area contributed by atoms with Gasteiger partial charge in [0.05, 0.1) is 0 Å². The molecule has 0 amide bonds. The second-order valence-corrected chi connectivity index (χ2v) is 5.04. The molecule has 0 saturated heterocycles. The lowest BCUT2D eigenvalue weighted by Gasteiger charge is -2.07. The second-order valence-electron chi connectivity index (χ2n) is 5.04. The van der Waals surface area contributed by atoms with Crippen LogP contribution in [0, 0.1) is 0 Å². The van der Waals surface area contributed by atoms with Crippen LogP contribution >= 0.6 is 0 Å². The Morgan fingerprint density at radius 2 is 1.36 bits per heavy atom. The first kappa shape index (κ1) is 14.1. The van der Waals surface area contributed by atoms with Crippen molar-refractivity contribution in [2.24, 2.45) is 0 Å². The highest BCUT2D eigenvalue weighted by atomic mass is 16.5. The summed E-state index contributed by atoms with van der Waals surface area (Å²) in [5.74, 6) is 0.762. The van der Waals surface area contributed by atoms with Gasteiger partial charge in [0.1, 0.15) is 18.6 Å². The number of aldehydes is 1. The van der Waals surface area contributed by atoms with E-state index in [-0.39, 0.29) is 0 Å². The molecule has 108 valence electrons. The van der Waals surface area contributed by atoms with E-state index < -0.39 is 0 Å². The normalized spacial score (nSPS) is 10.2. The van der Waals surface area contributed by atoms with E-state index in [0.717, 1.165) is 17.6 Å². The average Bonchev–Trinajstić information content (AvgIpc) is 2.61. The highest BCUT2D eigenvalue weighted by Gasteiger charge is 1.99. The molecule has 0 fully saturated rings. The minimum absolute atomic E-state index is 0.509. The van der Waals surface area contributed by atoms with Crippen LogP contribution in [0.2, 0.25) is 0 Å². The largest absolute Gasteiger partial charge is 0.489 e. The summed E-state index contributed by atoms with van der Waals surface area (Å²) in [7, 11) is 0. The first-order valence-electron chi connectivity index (χ1n) is 7.17. The first-order chi connectivity index (χ1) is 10.8. The number of hydrogen-bond donors (Lipinski definition) is 0. The zero-order valence-electron chi connectivity index (χ0n) is 12.1. The topological polar surface area (TPSA) is 26.3 Å². The Bertz CT molecular complexity index is 729. The lowest BCUT2D eigenvalue weighted by molar-refractivity contribution is 0.112. The molecule has 3 aromatic carbocycles. The van der Waals surface area contributed by atoms with Gasteiger partial charge in [-0.3, -0.25) is 4.79 Å². The third-order valence-electron chi connectivity index (χ3n) is 3.48. The summed E-state index contributed by atoms with van der Waals surface area (Å²) < 4.78 is 5.72. The lowest BCUT2D eigenvalue weighted by atomic mass is 10.0. The van der Waals surface area contributed by atoms with E-state index in [0.29, 0.717) is 12.2 Å². The molecule has 0 aliphatic rings. The van der Waals surface area contributed by atoms with Crippen molar-refractivity contribution in [1.29, 1.82) is 0 Å². The third-order valence-corrected chi connectivity index (χ3v) is 3.48. The van der Waals surface area contributed by atoms with Crippen molar-refractivity contribution in [3.8, 4) is 16.9 Å². The SMILES string of the molecule is O=Cc1ccc(OCc2ccc(-c3ccccc3)cc2)cc1. The first-order valence-corrected chi connectivity index (χ1v) is 7.17. The molecule has 3 aromatic rings. The van der Waals surface area contributed by atoms with Gasteiger partial charge in [-0.25, -0.2) is 0 Å². The van der Waals surface area contributed by atoms with Crippen LogP contribution in [0.15, 0.2) is 78.9 Å². The predicted molar refractivity (Wildman–Crippen MR) is 88.0 cm³/mol. The van der Waals surface area contributed by atoms with Crippen LogP contribution in [0.3, 0.4) is 0 Å². The Balaban J connectivity index is 1.64.